The van der Waals surface area contributed by atoms with Crippen LogP contribution in [0.4, 0.5) is 5.69 Å². The number of benzene rings is 1. The van der Waals surface area contributed by atoms with Crippen LogP contribution in [-0.4, -0.2) is 9.97 Å². The summed E-state index contributed by atoms with van der Waals surface area (Å²) < 4.78 is 0. The number of nitrogens with zero attached hydrogens (tertiary/aromatic N) is 1. The minimum atomic E-state index is 0. The van der Waals surface area contributed by atoms with Gasteiger partial charge in [0.2, 0.25) is 0 Å². The molecule has 0 unspecified atom stereocenters. The van der Waals surface area contributed by atoms with Crippen molar-refractivity contribution in [3.63, 3.8) is 0 Å². The van der Waals surface area contributed by atoms with Gasteiger partial charge in [-0.15, -0.1) is 6.20 Å². The van der Waals surface area contributed by atoms with E-state index in [-0.39, 0.29) is 21.1 Å². The number of hydrogen-bond donors (Lipinski definition) is 2. The van der Waals surface area contributed by atoms with Crippen molar-refractivity contribution in [2.45, 2.75) is 0 Å². The second-order valence-electron chi connectivity index (χ2n) is 2.50. The number of hydrogen-bond acceptors (Lipinski definition) is 2. The third kappa shape index (κ3) is 1.98. The van der Waals surface area contributed by atoms with Crippen molar-refractivity contribution in [3.8, 4) is 11.3 Å². The van der Waals surface area contributed by atoms with E-state index in [1.54, 1.807) is 6.20 Å². The normalized spacial score (nSPS) is 9.23. The van der Waals surface area contributed by atoms with E-state index in [2.05, 4.69) is 16.3 Å². The van der Waals surface area contributed by atoms with E-state index in [0.29, 0.717) is 0 Å². The first-order chi connectivity index (χ1) is 5.88. The van der Waals surface area contributed by atoms with Gasteiger partial charge in [-0.2, -0.15) is 0 Å². The third-order valence-corrected chi connectivity index (χ3v) is 1.70. The molecule has 0 radical (unpaired) electrons. The molecule has 13 heavy (non-hydrogen) atoms. The molecular formula is C9H8N3W+. The zero-order valence-corrected chi connectivity index (χ0v) is 9.75. The molecule has 0 aliphatic heterocycles. The van der Waals surface area contributed by atoms with Crippen LogP contribution >= 0.6 is 0 Å². The summed E-state index contributed by atoms with van der Waals surface area (Å²) in [5.41, 5.74) is 8.36. The van der Waals surface area contributed by atoms with E-state index in [0.717, 1.165) is 16.9 Å². The molecule has 0 atom stereocenters. The van der Waals surface area contributed by atoms with Crippen molar-refractivity contribution in [3.05, 3.63) is 36.8 Å². The van der Waals surface area contributed by atoms with Gasteiger partial charge in [0.1, 0.15) is 0 Å². The average Bonchev–Trinajstić information content (AvgIpc) is 2.57. The summed E-state index contributed by atoms with van der Waals surface area (Å²) in [5.74, 6) is 0. The molecule has 2 rings (SSSR count). The first-order valence-electron chi connectivity index (χ1n) is 3.64. The van der Waals surface area contributed by atoms with Crippen LogP contribution in [0.3, 0.4) is 0 Å². The SMILES string of the molecule is Nc1ccccc1-c1cn[c-][nH]1.[W+2]. The zero-order valence-electron chi connectivity index (χ0n) is 6.82. The van der Waals surface area contributed by atoms with Gasteiger partial charge in [0.05, 0.1) is 0 Å². The smallest absolute Gasteiger partial charge is 0.460 e. The zero-order chi connectivity index (χ0) is 8.39. The van der Waals surface area contributed by atoms with Gasteiger partial charge in [-0.1, -0.05) is 23.9 Å². The van der Waals surface area contributed by atoms with Gasteiger partial charge in [-0.3, -0.25) is 0 Å². The van der Waals surface area contributed by atoms with Gasteiger partial charge in [-0.25, -0.2) is 0 Å². The number of aromatic nitrogens is 2. The molecule has 1 aromatic carbocycles. The molecule has 2 aromatic rings. The van der Waals surface area contributed by atoms with Gasteiger partial charge in [0, 0.05) is 5.69 Å². The predicted molar refractivity (Wildman–Crippen MR) is 47.3 cm³/mol. The summed E-state index contributed by atoms with van der Waals surface area (Å²) in [6.07, 6.45) is 4.32. The molecule has 3 nitrogen and oxygen atoms in total. The molecule has 0 saturated heterocycles. The number of nitrogen functional groups attached to an aromatic ring is 1. The minimum absolute atomic E-state index is 0. The maximum atomic E-state index is 5.75. The molecule has 0 fully saturated rings. The summed E-state index contributed by atoms with van der Waals surface area (Å²) in [5, 5.41) is 0. The van der Waals surface area contributed by atoms with Crippen molar-refractivity contribution in [1.29, 1.82) is 0 Å². The van der Waals surface area contributed by atoms with Crippen molar-refractivity contribution in [2.75, 3.05) is 5.73 Å². The van der Waals surface area contributed by atoms with E-state index in [1.165, 1.54) is 0 Å². The average molecular weight is 342 g/mol. The maximum absolute atomic E-state index is 5.75. The number of nitrogens with two attached hydrogens (primary N) is 1. The Labute approximate surface area is 90.6 Å². The van der Waals surface area contributed by atoms with Crippen molar-refractivity contribution in [2.24, 2.45) is 0 Å². The van der Waals surface area contributed by atoms with Crippen molar-refractivity contribution >= 4 is 5.69 Å². The molecule has 1 heterocycles. The molecule has 0 saturated carbocycles. The summed E-state index contributed by atoms with van der Waals surface area (Å²) in [6, 6.07) is 7.64. The standard InChI is InChI=1S/C9H8N3.W/c10-8-4-2-1-3-7(8)9-5-11-6-12-9;/h1-5H,10H2,(H,11,12);/q-1;+2. The summed E-state index contributed by atoms with van der Waals surface area (Å²) in [4.78, 5) is 6.68. The monoisotopic (exact) mass is 342 g/mol. The Morgan fingerprint density at radius 3 is 2.69 bits per heavy atom. The fourth-order valence-corrected chi connectivity index (χ4v) is 1.10. The van der Waals surface area contributed by atoms with E-state index in [4.69, 9.17) is 5.73 Å². The van der Waals surface area contributed by atoms with Crippen LogP contribution in [0.15, 0.2) is 30.5 Å². The number of nitrogens with one attached hydrogen (secondary N) is 1. The first-order valence-corrected chi connectivity index (χ1v) is 3.64. The van der Waals surface area contributed by atoms with Crippen LogP contribution in [0, 0.1) is 6.33 Å². The number of imidazole rings is 1. The Bertz CT molecular complexity index is 370. The second kappa shape index (κ2) is 4.24. The van der Waals surface area contributed by atoms with Crippen LogP contribution in [0.5, 0.6) is 0 Å². The van der Waals surface area contributed by atoms with Gasteiger partial charge in [0.25, 0.3) is 0 Å². The van der Waals surface area contributed by atoms with E-state index in [9.17, 15) is 0 Å². The largest absolute Gasteiger partial charge is 2.00 e. The predicted octanol–water partition coefficient (Wildman–Crippen LogP) is 1.46. The summed E-state index contributed by atoms with van der Waals surface area (Å²) in [7, 11) is 0. The number of aromatic amines is 1. The topological polar surface area (TPSA) is 54.7 Å². The fourth-order valence-electron chi connectivity index (χ4n) is 1.10. The molecule has 3 N–H and O–H groups in total. The molecular weight excluding hydrogens is 334 g/mol. The molecule has 0 amide bonds. The van der Waals surface area contributed by atoms with E-state index in [1.807, 2.05) is 24.3 Å². The fraction of sp³-hybridized carbons (Fsp3) is 0. The van der Waals surface area contributed by atoms with Crippen molar-refractivity contribution in [1.82, 2.24) is 9.97 Å². The molecule has 1 aromatic heterocycles. The maximum Gasteiger partial charge on any atom is 2.00 e. The van der Waals surface area contributed by atoms with Gasteiger partial charge < -0.3 is 15.7 Å². The van der Waals surface area contributed by atoms with Crippen molar-refractivity contribution < 1.29 is 21.1 Å². The number of H-pyrrole nitrogens is 1. The second-order valence-corrected chi connectivity index (χ2v) is 2.50. The molecule has 4 heteroatoms. The molecule has 0 bridgehead atoms. The Morgan fingerprint density at radius 1 is 1.31 bits per heavy atom. The number of anilines is 1. The van der Waals surface area contributed by atoms with Gasteiger partial charge in [-0.05, 0) is 18.0 Å². The molecule has 64 valence electrons. The first kappa shape index (κ1) is 10.0. The van der Waals surface area contributed by atoms with Gasteiger partial charge >= 0.3 is 21.1 Å². The number of rotatable bonds is 1. The third-order valence-electron chi connectivity index (χ3n) is 1.70. The Morgan fingerprint density at radius 2 is 2.08 bits per heavy atom. The Kier molecular flexibility index (Phi) is 3.26. The summed E-state index contributed by atoms with van der Waals surface area (Å²) >= 11 is 0. The molecule has 0 spiro atoms. The van der Waals surface area contributed by atoms with Crippen LogP contribution < -0.4 is 5.73 Å². The van der Waals surface area contributed by atoms with E-state index >= 15 is 0 Å². The van der Waals surface area contributed by atoms with Crippen LogP contribution in [0.2, 0.25) is 0 Å². The van der Waals surface area contributed by atoms with Crippen LogP contribution in [0.25, 0.3) is 11.3 Å². The minimum Gasteiger partial charge on any atom is -0.460 e. The van der Waals surface area contributed by atoms with Gasteiger partial charge in [0.15, 0.2) is 0 Å². The Hall–Kier alpha value is -1.08. The molecule has 0 aliphatic rings. The molecule has 0 aliphatic carbocycles. The van der Waals surface area contributed by atoms with Crippen LogP contribution in [0.1, 0.15) is 0 Å². The number of para-hydroxylation sites is 1. The quantitative estimate of drug-likeness (QED) is 0.609. The summed E-state index contributed by atoms with van der Waals surface area (Å²) in [6.45, 7) is 0. The Balaban J connectivity index is 0.000000845. The van der Waals surface area contributed by atoms with Crippen LogP contribution in [-0.2, 0) is 21.1 Å². The van der Waals surface area contributed by atoms with E-state index < -0.39 is 0 Å².